The maximum atomic E-state index is 12.8. The van der Waals surface area contributed by atoms with Crippen LogP contribution >= 0.6 is 35.0 Å². The summed E-state index contributed by atoms with van der Waals surface area (Å²) in [4.78, 5) is 31.6. The fourth-order valence-electron chi connectivity index (χ4n) is 3.41. The summed E-state index contributed by atoms with van der Waals surface area (Å²) < 4.78 is 5.74. The van der Waals surface area contributed by atoms with Gasteiger partial charge in [-0.15, -0.1) is 0 Å². The number of benzene rings is 2. The van der Waals surface area contributed by atoms with E-state index in [2.05, 4.69) is 17.2 Å². The lowest BCUT2D eigenvalue weighted by molar-refractivity contribution is -0.128. The zero-order valence-electron chi connectivity index (χ0n) is 19.4. The quantitative estimate of drug-likeness (QED) is 0.325. The molecule has 1 fully saturated rings. The summed E-state index contributed by atoms with van der Waals surface area (Å²) in [6.45, 7) is 5.20. The second-order valence-electron chi connectivity index (χ2n) is 7.87. The highest BCUT2D eigenvalue weighted by Gasteiger charge is 2.38. The Morgan fingerprint density at radius 1 is 1.09 bits per heavy atom. The molecule has 1 atom stereocenters. The Bertz CT molecular complexity index is 1030. The molecule has 1 aliphatic rings. The fraction of sp³-hybridized carbons (Fsp3) is 0.400. The smallest absolute Gasteiger partial charge is 0.242 e. The van der Waals surface area contributed by atoms with Crippen molar-refractivity contribution in [2.75, 3.05) is 18.5 Å². The van der Waals surface area contributed by atoms with Crippen molar-refractivity contribution in [2.45, 2.75) is 51.2 Å². The fourth-order valence-corrected chi connectivity index (χ4v) is 4.93. The third kappa shape index (κ3) is 7.39. The molecule has 1 saturated heterocycles. The number of nitrogens with zero attached hydrogens (tertiary/aromatic N) is 2. The third-order valence-corrected chi connectivity index (χ3v) is 7.15. The van der Waals surface area contributed by atoms with E-state index in [4.69, 9.17) is 27.9 Å². The van der Waals surface area contributed by atoms with Gasteiger partial charge in [0.05, 0.1) is 22.3 Å². The number of anilines is 1. The molecule has 0 unspecified atom stereocenters. The first-order valence-corrected chi connectivity index (χ1v) is 13.1. The predicted octanol–water partition coefficient (Wildman–Crippen LogP) is 6.93. The number of amidine groups is 1. The number of carbonyl (C=O) groups excluding carboxylic acids is 2. The van der Waals surface area contributed by atoms with E-state index < -0.39 is 5.25 Å². The van der Waals surface area contributed by atoms with Gasteiger partial charge in [0.1, 0.15) is 11.0 Å². The van der Waals surface area contributed by atoms with Crippen LogP contribution in [0.25, 0.3) is 0 Å². The maximum absolute atomic E-state index is 12.8. The van der Waals surface area contributed by atoms with E-state index in [-0.39, 0.29) is 18.2 Å². The van der Waals surface area contributed by atoms with Crippen LogP contribution in [-0.2, 0) is 9.59 Å². The summed E-state index contributed by atoms with van der Waals surface area (Å²) in [7, 11) is 0. The number of aliphatic imine (C=N–C) groups is 1. The van der Waals surface area contributed by atoms with Crippen molar-refractivity contribution in [3.05, 3.63) is 52.5 Å². The largest absolute Gasteiger partial charge is 0.494 e. The first-order chi connectivity index (χ1) is 16.4. The lowest BCUT2D eigenvalue weighted by Crippen LogP contribution is -2.33. The molecule has 0 aliphatic carbocycles. The number of rotatable bonds is 11. The molecule has 9 heteroatoms. The number of hydrogen-bond donors (Lipinski definition) is 1. The molecule has 0 spiro atoms. The van der Waals surface area contributed by atoms with E-state index in [1.165, 1.54) is 24.6 Å². The SMILES string of the molecule is CCCCCCOc1ccc(NC(=O)C[C@H]2SC(=Nc3ccc(Cl)c(Cl)c3)N(CC)C2=O)cc1. The Balaban J connectivity index is 1.55. The molecule has 2 amide bonds. The number of hydrogen-bond acceptors (Lipinski definition) is 5. The molecule has 2 aromatic carbocycles. The van der Waals surface area contributed by atoms with Crippen LogP contribution in [0.4, 0.5) is 11.4 Å². The van der Waals surface area contributed by atoms with Gasteiger partial charge in [-0.05, 0) is 55.8 Å². The lowest BCUT2D eigenvalue weighted by Gasteiger charge is -2.13. The highest BCUT2D eigenvalue weighted by Crippen LogP contribution is 2.33. The average Bonchev–Trinajstić information content (AvgIpc) is 3.10. The topological polar surface area (TPSA) is 71.0 Å². The first kappa shape index (κ1) is 26.4. The number of ether oxygens (including phenoxy) is 1. The van der Waals surface area contributed by atoms with Gasteiger partial charge in [-0.3, -0.25) is 14.5 Å². The van der Waals surface area contributed by atoms with Crippen molar-refractivity contribution in [1.82, 2.24) is 4.90 Å². The van der Waals surface area contributed by atoms with Gasteiger partial charge >= 0.3 is 0 Å². The molecular weight excluding hydrogens is 493 g/mol. The molecule has 182 valence electrons. The Morgan fingerprint density at radius 2 is 1.85 bits per heavy atom. The lowest BCUT2D eigenvalue weighted by atomic mass is 10.2. The second kappa shape index (κ2) is 13.0. The van der Waals surface area contributed by atoms with Crippen LogP contribution in [0.2, 0.25) is 10.0 Å². The molecule has 1 N–H and O–H groups in total. The van der Waals surface area contributed by atoms with E-state index in [0.29, 0.717) is 39.7 Å². The van der Waals surface area contributed by atoms with Gasteiger partial charge < -0.3 is 10.1 Å². The molecular formula is C25H29Cl2N3O3S. The minimum absolute atomic E-state index is 0.0517. The Labute approximate surface area is 215 Å². The van der Waals surface area contributed by atoms with E-state index in [0.717, 1.165) is 18.6 Å². The predicted molar refractivity (Wildman–Crippen MR) is 142 cm³/mol. The minimum Gasteiger partial charge on any atom is -0.494 e. The van der Waals surface area contributed by atoms with Gasteiger partial charge in [-0.1, -0.05) is 61.1 Å². The van der Waals surface area contributed by atoms with Gasteiger partial charge in [0.25, 0.3) is 0 Å². The van der Waals surface area contributed by atoms with Crippen LogP contribution in [-0.4, -0.2) is 40.3 Å². The summed E-state index contributed by atoms with van der Waals surface area (Å²) in [6.07, 6.45) is 4.66. The van der Waals surface area contributed by atoms with Crippen LogP contribution < -0.4 is 10.1 Å². The van der Waals surface area contributed by atoms with Crippen LogP contribution in [0.3, 0.4) is 0 Å². The van der Waals surface area contributed by atoms with Crippen molar-refractivity contribution in [1.29, 1.82) is 0 Å². The van der Waals surface area contributed by atoms with E-state index in [9.17, 15) is 9.59 Å². The summed E-state index contributed by atoms with van der Waals surface area (Å²) in [5, 5.41) is 3.70. The third-order valence-electron chi connectivity index (χ3n) is 5.24. The van der Waals surface area contributed by atoms with Crippen molar-refractivity contribution in [3.8, 4) is 5.75 Å². The Hall–Kier alpha value is -2.22. The number of thioether (sulfide) groups is 1. The van der Waals surface area contributed by atoms with Gasteiger partial charge in [-0.2, -0.15) is 0 Å². The number of amides is 2. The maximum Gasteiger partial charge on any atom is 0.242 e. The van der Waals surface area contributed by atoms with E-state index >= 15 is 0 Å². The molecule has 6 nitrogen and oxygen atoms in total. The molecule has 2 aromatic rings. The highest BCUT2D eigenvalue weighted by molar-refractivity contribution is 8.15. The molecule has 34 heavy (non-hydrogen) atoms. The van der Waals surface area contributed by atoms with Crippen LogP contribution in [0.15, 0.2) is 47.5 Å². The molecule has 0 aromatic heterocycles. The molecule has 1 aliphatic heterocycles. The van der Waals surface area contributed by atoms with Crippen molar-refractivity contribution in [3.63, 3.8) is 0 Å². The molecule has 0 saturated carbocycles. The summed E-state index contributed by atoms with van der Waals surface area (Å²) >= 11 is 13.3. The molecule has 0 radical (unpaired) electrons. The number of nitrogens with one attached hydrogen (secondary N) is 1. The van der Waals surface area contributed by atoms with E-state index in [1.807, 2.05) is 19.1 Å². The van der Waals surface area contributed by atoms with Gasteiger partial charge in [-0.25, -0.2) is 4.99 Å². The van der Waals surface area contributed by atoms with Crippen molar-refractivity contribution in [2.24, 2.45) is 4.99 Å². The van der Waals surface area contributed by atoms with Gasteiger partial charge in [0, 0.05) is 18.7 Å². The van der Waals surface area contributed by atoms with Crippen LogP contribution in [0.5, 0.6) is 5.75 Å². The minimum atomic E-state index is -0.535. The second-order valence-corrected chi connectivity index (χ2v) is 9.85. The summed E-state index contributed by atoms with van der Waals surface area (Å²) in [5.41, 5.74) is 1.26. The summed E-state index contributed by atoms with van der Waals surface area (Å²) in [6, 6.07) is 12.3. The van der Waals surface area contributed by atoms with Crippen LogP contribution in [0, 0.1) is 0 Å². The van der Waals surface area contributed by atoms with Crippen LogP contribution in [0.1, 0.15) is 46.0 Å². The molecule has 0 bridgehead atoms. The monoisotopic (exact) mass is 521 g/mol. The molecule has 3 rings (SSSR count). The van der Waals surface area contributed by atoms with Crippen molar-refractivity contribution < 1.29 is 14.3 Å². The average molecular weight is 522 g/mol. The first-order valence-electron chi connectivity index (χ1n) is 11.5. The zero-order chi connectivity index (χ0) is 24.5. The number of halogens is 2. The van der Waals surface area contributed by atoms with Gasteiger partial charge in [0.2, 0.25) is 11.8 Å². The Kier molecular flexibility index (Phi) is 10.1. The zero-order valence-corrected chi connectivity index (χ0v) is 21.7. The standard InChI is InChI=1S/C25H29Cl2N3O3S/c1-3-5-6-7-14-33-19-11-8-17(9-12-19)28-23(31)16-22-24(32)30(4-2)25(34-22)29-18-10-13-20(26)21(27)15-18/h8-13,15,22H,3-7,14,16H2,1-2H3,(H,28,31)/t22-/m1/s1. The van der Waals surface area contributed by atoms with Gasteiger partial charge in [0.15, 0.2) is 5.17 Å². The van der Waals surface area contributed by atoms with Crippen molar-refractivity contribution >= 4 is 63.3 Å². The number of carbonyl (C=O) groups is 2. The normalized spacial score (nSPS) is 16.8. The van der Waals surface area contributed by atoms with E-state index in [1.54, 1.807) is 35.2 Å². The highest BCUT2D eigenvalue weighted by atomic mass is 35.5. The Morgan fingerprint density at radius 3 is 2.53 bits per heavy atom. The number of unbranched alkanes of at least 4 members (excludes halogenated alkanes) is 3. The molecule has 1 heterocycles. The summed E-state index contributed by atoms with van der Waals surface area (Å²) in [5.74, 6) is 0.414.